The highest BCUT2D eigenvalue weighted by molar-refractivity contribution is 7.16. The minimum atomic E-state index is -2.70. The molecule has 0 fully saturated rings. The molecule has 8 heteroatoms. The number of aromatic nitrogens is 2. The lowest BCUT2D eigenvalue weighted by Gasteiger charge is -2.15. The first-order valence-electron chi connectivity index (χ1n) is 8.03. The van der Waals surface area contributed by atoms with Gasteiger partial charge < -0.3 is 4.90 Å². The van der Waals surface area contributed by atoms with E-state index in [2.05, 4.69) is 4.98 Å². The zero-order chi connectivity index (χ0) is 19.4. The van der Waals surface area contributed by atoms with Crippen molar-refractivity contribution in [2.24, 2.45) is 0 Å². The molecule has 0 spiro atoms. The Kier molecular flexibility index (Phi) is 5.75. The molecule has 2 heterocycles. The van der Waals surface area contributed by atoms with E-state index in [1.165, 1.54) is 53.9 Å². The number of amides is 1. The van der Waals surface area contributed by atoms with Crippen LogP contribution in [-0.4, -0.2) is 27.4 Å². The Balaban J connectivity index is 1.64. The zero-order valence-corrected chi connectivity index (χ0v) is 15.2. The van der Waals surface area contributed by atoms with Gasteiger partial charge in [0, 0.05) is 35.3 Å². The lowest BCUT2D eigenvalue weighted by molar-refractivity contribution is -0.125. The van der Waals surface area contributed by atoms with E-state index in [4.69, 9.17) is 0 Å². The van der Waals surface area contributed by atoms with Gasteiger partial charge in [0.2, 0.25) is 5.91 Å². The molecule has 2 aromatic heterocycles. The monoisotopic (exact) mass is 391 g/mol. The SMILES string of the molecule is CN(Cc1nccn1C(F)F)C(=O)/C=C/c1ccc(-c2ccc(F)cc2)s1. The minimum Gasteiger partial charge on any atom is -0.335 e. The Bertz CT molecular complexity index is 947. The van der Waals surface area contributed by atoms with E-state index in [-0.39, 0.29) is 24.1 Å². The number of carbonyl (C=O) groups is 1. The number of likely N-dealkylation sites (N-methyl/N-ethyl adjacent to an activating group) is 1. The summed E-state index contributed by atoms with van der Waals surface area (Å²) in [5.41, 5.74) is 0.892. The number of hydrogen-bond acceptors (Lipinski definition) is 3. The summed E-state index contributed by atoms with van der Waals surface area (Å²) in [6.45, 7) is -2.72. The summed E-state index contributed by atoms with van der Waals surface area (Å²) in [5, 5.41) is 0. The second-order valence-electron chi connectivity index (χ2n) is 5.76. The van der Waals surface area contributed by atoms with Crippen LogP contribution in [0.4, 0.5) is 13.2 Å². The topological polar surface area (TPSA) is 38.1 Å². The first-order chi connectivity index (χ1) is 12.9. The van der Waals surface area contributed by atoms with E-state index in [1.54, 1.807) is 18.2 Å². The van der Waals surface area contributed by atoms with Crippen molar-refractivity contribution in [3.8, 4) is 10.4 Å². The molecule has 3 aromatic rings. The molecule has 0 saturated carbocycles. The van der Waals surface area contributed by atoms with Crippen LogP contribution in [0.25, 0.3) is 16.5 Å². The summed E-state index contributed by atoms with van der Waals surface area (Å²) < 4.78 is 39.4. The van der Waals surface area contributed by atoms with Crippen molar-refractivity contribution in [1.29, 1.82) is 0 Å². The lowest BCUT2D eigenvalue weighted by Crippen LogP contribution is -2.26. The van der Waals surface area contributed by atoms with Gasteiger partial charge in [-0.05, 0) is 35.9 Å². The summed E-state index contributed by atoms with van der Waals surface area (Å²) in [4.78, 5) is 19.2. The average Bonchev–Trinajstić information content (AvgIpc) is 3.29. The number of hydrogen-bond donors (Lipinski definition) is 0. The van der Waals surface area contributed by atoms with E-state index in [9.17, 15) is 18.0 Å². The summed E-state index contributed by atoms with van der Waals surface area (Å²) in [5.74, 6) is -0.504. The number of rotatable bonds is 6. The van der Waals surface area contributed by atoms with Gasteiger partial charge in [0.05, 0.1) is 6.54 Å². The predicted octanol–water partition coefficient (Wildman–Crippen LogP) is 4.82. The van der Waals surface area contributed by atoms with Crippen LogP contribution in [-0.2, 0) is 11.3 Å². The summed E-state index contributed by atoms with van der Waals surface area (Å²) in [6.07, 6.45) is 5.50. The van der Waals surface area contributed by atoms with Gasteiger partial charge in [-0.1, -0.05) is 12.1 Å². The third-order valence-corrected chi connectivity index (χ3v) is 4.96. The lowest BCUT2D eigenvalue weighted by atomic mass is 10.2. The standard InChI is InChI=1S/C19H16F3N3OS/c1-24(12-17-23-10-11-25(17)19(21)22)18(26)9-7-15-6-8-16(27-15)13-2-4-14(20)5-3-13/h2-11,19H,12H2,1H3/b9-7+. The van der Waals surface area contributed by atoms with E-state index >= 15 is 0 Å². The summed E-state index contributed by atoms with van der Waals surface area (Å²) in [6, 6.07) is 9.93. The molecule has 0 bridgehead atoms. The number of thiophene rings is 1. The highest BCUT2D eigenvalue weighted by atomic mass is 32.1. The molecule has 0 aliphatic rings. The van der Waals surface area contributed by atoms with Gasteiger partial charge in [-0.2, -0.15) is 8.78 Å². The van der Waals surface area contributed by atoms with Gasteiger partial charge in [-0.3, -0.25) is 9.36 Å². The smallest absolute Gasteiger partial charge is 0.319 e. The minimum absolute atomic E-state index is 0.0220. The number of nitrogens with zero attached hydrogens (tertiary/aromatic N) is 3. The molecular formula is C19H16F3N3OS. The Morgan fingerprint density at radius 1 is 1.26 bits per heavy atom. The van der Waals surface area contributed by atoms with Crippen LogP contribution in [0.5, 0.6) is 0 Å². The quantitative estimate of drug-likeness (QED) is 0.565. The largest absolute Gasteiger partial charge is 0.335 e. The zero-order valence-electron chi connectivity index (χ0n) is 14.3. The number of carbonyl (C=O) groups excluding carboxylic acids is 1. The molecule has 0 N–H and O–H groups in total. The molecule has 4 nitrogen and oxygen atoms in total. The fourth-order valence-electron chi connectivity index (χ4n) is 2.43. The fraction of sp³-hybridized carbons (Fsp3) is 0.158. The van der Waals surface area contributed by atoms with Gasteiger partial charge in [0.1, 0.15) is 11.6 Å². The predicted molar refractivity (Wildman–Crippen MR) is 98.7 cm³/mol. The van der Waals surface area contributed by atoms with Crippen molar-refractivity contribution in [2.45, 2.75) is 13.1 Å². The van der Waals surface area contributed by atoms with Crippen LogP contribution in [0, 0.1) is 5.82 Å². The fourth-order valence-corrected chi connectivity index (χ4v) is 3.34. The average molecular weight is 391 g/mol. The third kappa shape index (κ3) is 4.65. The summed E-state index contributed by atoms with van der Waals surface area (Å²) >= 11 is 1.46. The number of alkyl halides is 2. The third-order valence-electron chi connectivity index (χ3n) is 3.86. The van der Waals surface area contributed by atoms with Crippen LogP contribution < -0.4 is 0 Å². The highest BCUT2D eigenvalue weighted by Gasteiger charge is 2.15. The molecule has 27 heavy (non-hydrogen) atoms. The molecular weight excluding hydrogens is 375 g/mol. The maximum atomic E-state index is 13.0. The van der Waals surface area contributed by atoms with Crippen LogP contribution in [0.15, 0.2) is 54.9 Å². The first-order valence-corrected chi connectivity index (χ1v) is 8.84. The molecule has 0 aliphatic carbocycles. The Labute approximate surface area is 158 Å². The van der Waals surface area contributed by atoms with Crippen molar-refractivity contribution in [1.82, 2.24) is 14.5 Å². The molecule has 0 radical (unpaired) electrons. The Hall–Kier alpha value is -2.87. The molecule has 1 amide bonds. The van der Waals surface area contributed by atoms with E-state index in [1.807, 2.05) is 12.1 Å². The van der Waals surface area contributed by atoms with Crippen molar-refractivity contribution in [3.05, 3.63) is 71.4 Å². The van der Waals surface area contributed by atoms with Crippen molar-refractivity contribution >= 4 is 23.3 Å². The molecule has 0 unspecified atom stereocenters. The second kappa shape index (κ2) is 8.22. The normalized spacial score (nSPS) is 11.4. The van der Waals surface area contributed by atoms with E-state index in [0.29, 0.717) is 0 Å². The van der Waals surface area contributed by atoms with E-state index in [0.717, 1.165) is 19.9 Å². The van der Waals surface area contributed by atoms with Crippen molar-refractivity contribution < 1.29 is 18.0 Å². The second-order valence-corrected chi connectivity index (χ2v) is 6.88. The van der Waals surface area contributed by atoms with Crippen LogP contribution in [0.2, 0.25) is 0 Å². The molecule has 1 aromatic carbocycles. The van der Waals surface area contributed by atoms with Gasteiger partial charge >= 0.3 is 6.55 Å². The Morgan fingerprint density at radius 2 is 2.00 bits per heavy atom. The number of benzene rings is 1. The van der Waals surface area contributed by atoms with Gasteiger partial charge in [0.25, 0.3) is 0 Å². The first kappa shape index (κ1) is 18.9. The Morgan fingerprint density at radius 3 is 2.70 bits per heavy atom. The maximum absolute atomic E-state index is 13.0. The molecule has 0 saturated heterocycles. The molecule has 0 aliphatic heterocycles. The van der Waals surface area contributed by atoms with Gasteiger partial charge in [-0.15, -0.1) is 11.3 Å². The summed E-state index contributed by atoms with van der Waals surface area (Å²) in [7, 11) is 1.52. The van der Waals surface area contributed by atoms with Crippen LogP contribution in [0.1, 0.15) is 17.3 Å². The van der Waals surface area contributed by atoms with Gasteiger partial charge in [0.15, 0.2) is 0 Å². The number of halogens is 3. The molecule has 140 valence electrons. The highest BCUT2D eigenvalue weighted by Crippen LogP contribution is 2.29. The van der Waals surface area contributed by atoms with Gasteiger partial charge in [-0.25, -0.2) is 9.37 Å². The van der Waals surface area contributed by atoms with E-state index < -0.39 is 6.55 Å². The molecule has 0 atom stereocenters. The van der Waals surface area contributed by atoms with Crippen molar-refractivity contribution in [3.63, 3.8) is 0 Å². The number of imidazole rings is 1. The van der Waals surface area contributed by atoms with Crippen LogP contribution >= 0.6 is 11.3 Å². The van der Waals surface area contributed by atoms with Crippen LogP contribution in [0.3, 0.4) is 0 Å². The molecule has 3 rings (SSSR count). The van der Waals surface area contributed by atoms with Crippen molar-refractivity contribution in [2.75, 3.05) is 7.05 Å². The maximum Gasteiger partial charge on any atom is 0.319 e.